The molecule has 0 saturated heterocycles. The van der Waals surface area contributed by atoms with Crippen LogP contribution in [0, 0.1) is 0 Å². The number of hydrogen-bond acceptors (Lipinski definition) is 3. The number of hydrogen-bond donors (Lipinski definition) is 3. The van der Waals surface area contributed by atoms with Gasteiger partial charge in [0.25, 0.3) is 5.91 Å². The lowest BCUT2D eigenvalue weighted by atomic mass is 10.1. The Hall–Kier alpha value is -3.02. The molecule has 138 valence electrons. The van der Waals surface area contributed by atoms with Crippen molar-refractivity contribution in [2.45, 2.75) is 26.3 Å². The SMILES string of the molecule is CCCCNC(=O)c1ccc(CN=C(N)Nc2cccc(OC)c2)cc1. The Bertz CT molecular complexity index is 742. The van der Waals surface area contributed by atoms with Crippen LogP contribution in [0.1, 0.15) is 35.7 Å². The highest BCUT2D eigenvalue weighted by Crippen LogP contribution is 2.16. The molecule has 4 N–H and O–H groups in total. The molecule has 0 aromatic heterocycles. The quantitative estimate of drug-likeness (QED) is 0.386. The Balaban J connectivity index is 1.89. The summed E-state index contributed by atoms with van der Waals surface area (Å²) in [4.78, 5) is 16.3. The van der Waals surface area contributed by atoms with E-state index in [0.29, 0.717) is 24.6 Å². The van der Waals surface area contributed by atoms with Gasteiger partial charge in [-0.15, -0.1) is 0 Å². The van der Waals surface area contributed by atoms with Gasteiger partial charge in [-0.05, 0) is 36.2 Å². The summed E-state index contributed by atoms with van der Waals surface area (Å²) in [5.41, 5.74) is 8.36. The predicted molar refractivity (Wildman–Crippen MR) is 106 cm³/mol. The summed E-state index contributed by atoms with van der Waals surface area (Å²) in [7, 11) is 1.62. The first kappa shape index (κ1) is 19.3. The lowest BCUT2D eigenvalue weighted by molar-refractivity contribution is 0.0953. The van der Waals surface area contributed by atoms with Crippen molar-refractivity contribution in [2.24, 2.45) is 10.7 Å². The zero-order valence-corrected chi connectivity index (χ0v) is 15.3. The topological polar surface area (TPSA) is 88.7 Å². The Kier molecular flexibility index (Phi) is 7.49. The number of anilines is 1. The normalized spacial score (nSPS) is 11.1. The minimum absolute atomic E-state index is 0.0484. The molecule has 0 spiro atoms. The van der Waals surface area contributed by atoms with Crippen molar-refractivity contribution < 1.29 is 9.53 Å². The Morgan fingerprint density at radius 3 is 2.65 bits per heavy atom. The molecular formula is C20H26N4O2. The van der Waals surface area contributed by atoms with E-state index in [-0.39, 0.29) is 5.91 Å². The fraction of sp³-hybridized carbons (Fsp3) is 0.300. The molecule has 2 aromatic rings. The van der Waals surface area contributed by atoms with E-state index in [0.717, 1.165) is 29.8 Å². The van der Waals surface area contributed by atoms with Gasteiger partial charge < -0.3 is 21.1 Å². The number of unbranched alkanes of at least 4 members (excludes halogenated alkanes) is 1. The summed E-state index contributed by atoms with van der Waals surface area (Å²) in [6, 6.07) is 14.8. The third-order valence-electron chi connectivity index (χ3n) is 3.81. The molecule has 0 aliphatic heterocycles. The summed E-state index contributed by atoms with van der Waals surface area (Å²) in [6.45, 7) is 3.23. The molecule has 2 rings (SSSR count). The Morgan fingerprint density at radius 1 is 1.19 bits per heavy atom. The van der Waals surface area contributed by atoms with Gasteiger partial charge in [-0.3, -0.25) is 4.79 Å². The second-order valence-electron chi connectivity index (χ2n) is 5.86. The van der Waals surface area contributed by atoms with E-state index in [1.807, 2.05) is 36.4 Å². The number of carbonyl (C=O) groups excluding carboxylic acids is 1. The van der Waals surface area contributed by atoms with Crippen molar-refractivity contribution in [1.29, 1.82) is 0 Å². The van der Waals surface area contributed by atoms with Gasteiger partial charge >= 0.3 is 0 Å². The number of carbonyl (C=O) groups is 1. The third kappa shape index (κ3) is 6.12. The molecule has 0 aliphatic carbocycles. The zero-order chi connectivity index (χ0) is 18.8. The number of nitrogens with two attached hydrogens (primary N) is 1. The molecule has 0 bridgehead atoms. The van der Waals surface area contributed by atoms with Gasteiger partial charge in [-0.1, -0.05) is 31.5 Å². The summed E-state index contributed by atoms with van der Waals surface area (Å²) < 4.78 is 5.17. The number of ether oxygens (including phenoxy) is 1. The highest BCUT2D eigenvalue weighted by molar-refractivity contribution is 5.94. The number of nitrogens with zero attached hydrogens (tertiary/aromatic N) is 1. The van der Waals surface area contributed by atoms with E-state index in [1.54, 1.807) is 19.2 Å². The number of benzene rings is 2. The minimum atomic E-state index is -0.0484. The average molecular weight is 354 g/mol. The van der Waals surface area contributed by atoms with Crippen LogP contribution >= 0.6 is 0 Å². The molecule has 26 heavy (non-hydrogen) atoms. The largest absolute Gasteiger partial charge is 0.497 e. The van der Waals surface area contributed by atoms with Crippen LogP contribution in [-0.4, -0.2) is 25.5 Å². The predicted octanol–water partition coefficient (Wildman–Crippen LogP) is 3.15. The van der Waals surface area contributed by atoms with Gasteiger partial charge in [-0.2, -0.15) is 0 Å². The average Bonchev–Trinajstić information content (AvgIpc) is 2.67. The number of methoxy groups -OCH3 is 1. The second kappa shape index (κ2) is 10.1. The van der Waals surface area contributed by atoms with Crippen LogP contribution in [0.15, 0.2) is 53.5 Å². The fourth-order valence-electron chi connectivity index (χ4n) is 2.31. The molecule has 6 heteroatoms. The van der Waals surface area contributed by atoms with Crippen molar-refractivity contribution in [1.82, 2.24) is 5.32 Å². The highest BCUT2D eigenvalue weighted by Gasteiger charge is 2.04. The smallest absolute Gasteiger partial charge is 0.251 e. The monoisotopic (exact) mass is 354 g/mol. The lowest BCUT2D eigenvalue weighted by Crippen LogP contribution is -2.24. The third-order valence-corrected chi connectivity index (χ3v) is 3.81. The van der Waals surface area contributed by atoms with Gasteiger partial charge in [0.15, 0.2) is 5.96 Å². The molecule has 0 aliphatic rings. The summed E-state index contributed by atoms with van der Waals surface area (Å²) in [5, 5.41) is 5.93. The standard InChI is InChI=1S/C20H26N4O2/c1-3-4-12-22-19(25)16-10-8-15(9-11-16)14-23-20(21)24-17-6-5-7-18(13-17)26-2/h5-11,13H,3-4,12,14H2,1-2H3,(H,22,25)(H3,21,23,24). The van der Waals surface area contributed by atoms with Crippen LogP contribution in [0.4, 0.5) is 5.69 Å². The molecular weight excluding hydrogens is 328 g/mol. The number of aliphatic imine (C=N–C) groups is 1. The maximum atomic E-state index is 12.0. The first-order valence-corrected chi connectivity index (χ1v) is 8.70. The van der Waals surface area contributed by atoms with Crippen molar-refractivity contribution >= 4 is 17.6 Å². The van der Waals surface area contributed by atoms with E-state index < -0.39 is 0 Å². The van der Waals surface area contributed by atoms with E-state index in [4.69, 9.17) is 10.5 Å². The molecule has 0 fully saturated rings. The van der Waals surface area contributed by atoms with Crippen LogP contribution in [0.25, 0.3) is 0 Å². The van der Waals surface area contributed by atoms with Crippen molar-refractivity contribution in [3.05, 3.63) is 59.7 Å². The molecule has 2 aromatic carbocycles. The first-order valence-electron chi connectivity index (χ1n) is 8.70. The Morgan fingerprint density at radius 2 is 1.96 bits per heavy atom. The summed E-state index contributed by atoms with van der Waals surface area (Å²) in [6.07, 6.45) is 2.04. The van der Waals surface area contributed by atoms with Crippen LogP contribution < -0.4 is 21.1 Å². The number of nitrogens with one attached hydrogen (secondary N) is 2. The molecule has 6 nitrogen and oxygen atoms in total. The molecule has 0 radical (unpaired) electrons. The van der Waals surface area contributed by atoms with Gasteiger partial charge in [-0.25, -0.2) is 4.99 Å². The van der Waals surface area contributed by atoms with Gasteiger partial charge in [0.2, 0.25) is 0 Å². The lowest BCUT2D eigenvalue weighted by Gasteiger charge is -2.08. The van der Waals surface area contributed by atoms with Crippen LogP contribution in [0.3, 0.4) is 0 Å². The van der Waals surface area contributed by atoms with Crippen LogP contribution in [0.5, 0.6) is 5.75 Å². The van der Waals surface area contributed by atoms with Crippen LogP contribution in [-0.2, 0) is 6.54 Å². The zero-order valence-electron chi connectivity index (χ0n) is 15.3. The van der Waals surface area contributed by atoms with Gasteiger partial charge in [0.1, 0.15) is 5.75 Å². The minimum Gasteiger partial charge on any atom is -0.497 e. The molecule has 1 amide bonds. The second-order valence-corrected chi connectivity index (χ2v) is 5.86. The number of guanidine groups is 1. The summed E-state index contributed by atoms with van der Waals surface area (Å²) >= 11 is 0. The van der Waals surface area contributed by atoms with Gasteiger partial charge in [0.05, 0.1) is 13.7 Å². The molecule has 0 unspecified atom stereocenters. The van der Waals surface area contributed by atoms with E-state index in [9.17, 15) is 4.79 Å². The van der Waals surface area contributed by atoms with E-state index in [2.05, 4.69) is 22.5 Å². The molecule has 0 heterocycles. The van der Waals surface area contributed by atoms with Crippen LogP contribution in [0.2, 0.25) is 0 Å². The van der Waals surface area contributed by atoms with Crippen molar-refractivity contribution in [3.8, 4) is 5.75 Å². The van der Waals surface area contributed by atoms with E-state index in [1.165, 1.54) is 0 Å². The van der Waals surface area contributed by atoms with Crippen molar-refractivity contribution in [2.75, 3.05) is 19.0 Å². The first-order chi connectivity index (χ1) is 12.6. The number of rotatable bonds is 8. The molecule has 0 saturated carbocycles. The Labute approximate surface area is 154 Å². The maximum Gasteiger partial charge on any atom is 0.251 e. The van der Waals surface area contributed by atoms with Crippen molar-refractivity contribution in [3.63, 3.8) is 0 Å². The number of amides is 1. The van der Waals surface area contributed by atoms with E-state index >= 15 is 0 Å². The highest BCUT2D eigenvalue weighted by atomic mass is 16.5. The molecule has 0 atom stereocenters. The van der Waals surface area contributed by atoms with Gasteiger partial charge in [0, 0.05) is 23.9 Å². The summed E-state index contributed by atoms with van der Waals surface area (Å²) in [5.74, 6) is 1.02. The fourth-order valence-corrected chi connectivity index (χ4v) is 2.31. The maximum absolute atomic E-state index is 12.0.